The van der Waals surface area contributed by atoms with Crippen molar-refractivity contribution in [2.24, 2.45) is 0 Å². The number of nitrogens with zero attached hydrogens (tertiary/aromatic N) is 1. The largest absolute Gasteiger partial charge is 0.497 e. The molecule has 0 bridgehead atoms. The van der Waals surface area contributed by atoms with Crippen molar-refractivity contribution in [3.05, 3.63) is 24.3 Å². The zero-order valence-electron chi connectivity index (χ0n) is 8.16. The highest BCUT2D eigenvalue weighted by molar-refractivity contribution is 6.21. The van der Waals surface area contributed by atoms with Crippen molar-refractivity contribution in [3.8, 4) is 5.75 Å². The fourth-order valence-corrected chi connectivity index (χ4v) is 1.40. The highest BCUT2D eigenvalue weighted by atomic mass is 35.5. The highest BCUT2D eigenvalue weighted by Gasteiger charge is 2.08. The first-order valence-electron chi connectivity index (χ1n) is 4.17. The summed E-state index contributed by atoms with van der Waals surface area (Å²) in [5.41, 5.74) is 0.772. The zero-order valence-corrected chi connectivity index (χ0v) is 8.91. The molecule has 76 valence electrons. The van der Waals surface area contributed by atoms with E-state index in [-0.39, 0.29) is 11.9 Å². The van der Waals surface area contributed by atoms with Gasteiger partial charge in [-0.25, -0.2) is 0 Å². The molecule has 1 rings (SSSR count). The smallest absolute Gasteiger partial charge is 0.224 e. The van der Waals surface area contributed by atoms with Crippen LogP contribution < -0.4 is 9.64 Å². The first-order chi connectivity index (χ1) is 6.69. The minimum atomic E-state index is -0.0785. The molecular weight excluding hydrogens is 202 g/mol. The number of rotatable bonds is 3. The van der Waals surface area contributed by atoms with E-state index in [4.69, 9.17) is 16.3 Å². The Morgan fingerprint density at radius 1 is 1.43 bits per heavy atom. The maximum Gasteiger partial charge on any atom is 0.224 e. The molecule has 0 atom stereocenters. The van der Waals surface area contributed by atoms with Crippen molar-refractivity contribution in [3.63, 3.8) is 0 Å². The third kappa shape index (κ3) is 2.39. The van der Waals surface area contributed by atoms with Crippen molar-refractivity contribution in [1.82, 2.24) is 0 Å². The van der Waals surface area contributed by atoms with E-state index < -0.39 is 0 Å². The molecule has 0 aliphatic rings. The molecule has 3 nitrogen and oxygen atoms in total. The molecule has 0 unspecified atom stereocenters. The van der Waals surface area contributed by atoms with Crippen LogP contribution in [0.4, 0.5) is 5.69 Å². The summed E-state index contributed by atoms with van der Waals surface area (Å²) in [7, 11) is 1.60. The summed E-state index contributed by atoms with van der Waals surface area (Å²) < 4.78 is 5.01. The molecule has 14 heavy (non-hydrogen) atoms. The Morgan fingerprint density at radius 2 is 2.00 bits per heavy atom. The second-order valence-corrected chi connectivity index (χ2v) is 3.00. The molecule has 0 aliphatic carbocycles. The second-order valence-electron chi connectivity index (χ2n) is 2.76. The summed E-state index contributed by atoms with van der Waals surface area (Å²) in [6, 6.07) is 7.32. The molecule has 0 aliphatic heterocycles. The maximum absolute atomic E-state index is 11.1. The number of anilines is 1. The van der Waals surface area contributed by atoms with Gasteiger partial charge in [-0.05, 0) is 24.3 Å². The number of carbonyl (C=O) groups excluding carboxylic acids is 1. The lowest BCUT2D eigenvalue weighted by atomic mass is 10.3. The van der Waals surface area contributed by atoms with Crippen LogP contribution in [0.5, 0.6) is 5.75 Å². The quantitative estimate of drug-likeness (QED) is 0.569. The van der Waals surface area contributed by atoms with Gasteiger partial charge in [0.25, 0.3) is 0 Å². The highest BCUT2D eigenvalue weighted by Crippen LogP contribution is 2.19. The SMILES string of the molecule is COc1ccc(N(CCl)C(C)=O)cc1. The molecule has 0 N–H and O–H groups in total. The molecule has 0 heterocycles. The van der Waals surface area contributed by atoms with E-state index >= 15 is 0 Å². The number of hydrogen-bond acceptors (Lipinski definition) is 2. The molecule has 0 radical (unpaired) electrons. The van der Waals surface area contributed by atoms with Crippen LogP contribution in [0.1, 0.15) is 6.92 Å². The van der Waals surface area contributed by atoms with Gasteiger partial charge in [-0.3, -0.25) is 9.69 Å². The van der Waals surface area contributed by atoms with Crippen LogP contribution in [0, 0.1) is 0 Å². The fourth-order valence-electron chi connectivity index (χ4n) is 1.10. The van der Waals surface area contributed by atoms with Crippen LogP contribution in [-0.4, -0.2) is 19.0 Å². The van der Waals surface area contributed by atoms with E-state index in [0.29, 0.717) is 0 Å². The monoisotopic (exact) mass is 213 g/mol. The van der Waals surface area contributed by atoms with Crippen LogP contribution in [0.25, 0.3) is 0 Å². The van der Waals surface area contributed by atoms with E-state index in [0.717, 1.165) is 11.4 Å². The minimum Gasteiger partial charge on any atom is -0.497 e. The molecule has 0 saturated heterocycles. The first-order valence-corrected chi connectivity index (χ1v) is 4.70. The van der Waals surface area contributed by atoms with Crippen molar-refractivity contribution >= 4 is 23.2 Å². The van der Waals surface area contributed by atoms with Gasteiger partial charge in [0.05, 0.1) is 7.11 Å². The van der Waals surface area contributed by atoms with Crippen LogP contribution in [0.3, 0.4) is 0 Å². The predicted molar refractivity (Wildman–Crippen MR) is 56.9 cm³/mol. The average molecular weight is 214 g/mol. The maximum atomic E-state index is 11.1. The number of methoxy groups -OCH3 is 1. The Labute approximate surface area is 88.2 Å². The van der Waals surface area contributed by atoms with Gasteiger partial charge >= 0.3 is 0 Å². The number of alkyl halides is 1. The van der Waals surface area contributed by atoms with E-state index in [1.807, 2.05) is 0 Å². The molecule has 1 amide bonds. The van der Waals surface area contributed by atoms with Gasteiger partial charge in [0, 0.05) is 12.6 Å². The van der Waals surface area contributed by atoms with Crippen molar-refractivity contribution in [2.45, 2.75) is 6.92 Å². The van der Waals surface area contributed by atoms with Crippen LogP contribution in [-0.2, 0) is 4.79 Å². The summed E-state index contributed by atoms with van der Waals surface area (Å²) in [4.78, 5) is 12.6. The van der Waals surface area contributed by atoms with E-state index in [9.17, 15) is 4.79 Å². The number of halogens is 1. The standard InChI is InChI=1S/C10H12ClNO2/c1-8(13)12(7-11)9-3-5-10(14-2)6-4-9/h3-6H,7H2,1-2H3. The Balaban J connectivity index is 2.89. The van der Waals surface area contributed by atoms with Gasteiger partial charge in [-0.15, -0.1) is 11.6 Å². The van der Waals surface area contributed by atoms with Gasteiger partial charge in [-0.1, -0.05) is 0 Å². The van der Waals surface area contributed by atoms with E-state index in [1.54, 1.807) is 31.4 Å². The molecule has 1 aromatic carbocycles. The van der Waals surface area contributed by atoms with Crippen molar-refractivity contribution in [2.75, 3.05) is 18.0 Å². The first kappa shape index (κ1) is 10.9. The summed E-state index contributed by atoms with van der Waals surface area (Å²) in [5.74, 6) is 0.678. The predicted octanol–water partition coefficient (Wildman–Crippen LogP) is 2.24. The second kappa shape index (κ2) is 4.86. The molecule has 0 saturated carbocycles. The Bertz CT molecular complexity index is 310. The molecule has 0 fully saturated rings. The minimum absolute atomic E-state index is 0.0785. The molecule has 1 aromatic rings. The van der Waals surface area contributed by atoms with Gasteiger partial charge in [0.1, 0.15) is 11.8 Å². The number of carbonyl (C=O) groups is 1. The number of hydrogen-bond donors (Lipinski definition) is 0. The topological polar surface area (TPSA) is 29.5 Å². The van der Waals surface area contributed by atoms with Gasteiger partial charge < -0.3 is 4.74 Å². The molecular formula is C10H12ClNO2. The van der Waals surface area contributed by atoms with Gasteiger partial charge in [0.2, 0.25) is 5.91 Å². The zero-order chi connectivity index (χ0) is 10.6. The Kier molecular flexibility index (Phi) is 3.77. The average Bonchev–Trinajstić information content (AvgIpc) is 2.19. The van der Waals surface area contributed by atoms with Crippen LogP contribution >= 0.6 is 11.6 Å². The number of ether oxygens (including phenoxy) is 1. The van der Waals surface area contributed by atoms with Crippen molar-refractivity contribution in [1.29, 1.82) is 0 Å². The van der Waals surface area contributed by atoms with Crippen molar-refractivity contribution < 1.29 is 9.53 Å². The number of amides is 1. The lowest BCUT2D eigenvalue weighted by Crippen LogP contribution is -2.26. The normalized spacial score (nSPS) is 9.64. The third-order valence-corrected chi connectivity index (χ3v) is 2.12. The Hall–Kier alpha value is -1.22. The lowest BCUT2D eigenvalue weighted by molar-refractivity contribution is -0.116. The summed E-state index contributed by atoms with van der Waals surface area (Å²) in [6.45, 7) is 1.48. The fraction of sp³-hybridized carbons (Fsp3) is 0.300. The van der Waals surface area contributed by atoms with E-state index in [2.05, 4.69) is 0 Å². The lowest BCUT2D eigenvalue weighted by Gasteiger charge is -2.17. The third-order valence-electron chi connectivity index (χ3n) is 1.88. The van der Waals surface area contributed by atoms with E-state index in [1.165, 1.54) is 11.8 Å². The van der Waals surface area contributed by atoms with Crippen LogP contribution in [0.15, 0.2) is 24.3 Å². The van der Waals surface area contributed by atoms with Gasteiger partial charge in [0.15, 0.2) is 0 Å². The molecule has 0 aromatic heterocycles. The molecule has 0 spiro atoms. The number of benzene rings is 1. The molecule has 4 heteroatoms. The van der Waals surface area contributed by atoms with Crippen LogP contribution in [0.2, 0.25) is 0 Å². The van der Waals surface area contributed by atoms with Gasteiger partial charge in [-0.2, -0.15) is 0 Å². The Morgan fingerprint density at radius 3 is 2.36 bits per heavy atom. The summed E-state index contributed by atoms with van der Waals surface area (Å²) >= 11 is 5.64. The summed E-state index contributed by atoms with van der Waals surface area (Å²) in [5, 5.41) is 0. The summed E-state index contributed by atoms with van der Waals surface area (Å²) in [6.07, 6.45) is 0.